The highest BCUT2D eigenvalue weighted by molar-refractivity contribution is 7.92. The first kappa shape index (κ1) is 23.4. The number of para-hydroxylation sites is 1. The number of carbonyl (C=O) groups excluding carboxylic acids is 1. The Hall–Kier alpha value is -3.75. The number of nitrogens with one attached hydrogen (secondary N) is 1. The first-order valence-corrected chi connectivity index (χ1v) is 12.9. The molecule has 0 aliphatic rings. The van der Waals surface area contributed by atoms with Gasteiger partial charge in [-0.3, -0.25) is 9.10 Å². The maximum absolute atomic E-state index is 13.8. The van der Waals surface area contributed by atoms with Crippen LogP contribution in [0.3, 0.4) is 0 Å². The number of benzene rings is 3. The Morgan fingerprint density at radius 3 is 2.35 bits per heavy atom. The maximum atomic E-state index is 13.8. The molecule has 8 heteroatoms. The second-order valence-electron chi connectivity index (χ2n) is 7.54. The van der Waals surface area contributed by atoms with E-state index in [-0.39, 0.29) is 22.7 Å². The SMILES string of the molecule is Cc1ccc(S(=O)(=O)N(Cc2ccccc2)c2ccccc2C(=O)N/N=C/c2cccs2)cc1. The van der Waals surface area contributed by atoms with Crippen molar-refractivity contribution in [3.8, 4) is 0 Å². The summed E-state index contributed by atoms with van der Waals surface area (Å²) in [5.74, 6) is -0.499. The Morgan fingerprint density at radius 2 is 1.65 bits per heavy atom. The molecule has 1 amide bonds. The molecule has 1 heterocycles. The monoisotopic (exact) mass is 489 g/mol. The van der Waals surface area contributed by atoms with Crippen molar-refractivity contribution in [1.82, 2.24) is 5.43 Å². The fourth-order valence-electron chi connectivity index (χ4n) is 3.35. The Morgan fingerprint density at radius 1 is 0.941 bits per heavy atom. The van der Waals surface area contributed by atoms with E-state index >= 15 is 0 Å². The van der Waals surface area contributed by atoms with Gasteiger partial charge in [-0.1, -0.05) is 66.2 Å². The van der Waals surface area contributed by atoms with E-state index in [1.54, 1.807) is 54.7 Å². The van der Waals surface area contributed by atoms with Gasteiger partial charge >= 0.3 is 0 Å². The first-order chi connectivity index (χ1) is 16.4. The van der Waals surface area contributed by atoms with E-state index in [0.29, 0.717) is 0 Å². The van der Waals surface area contributed by atoms with Gasteiger partial charge in [-0.25, -0.2) is 13.8 Å². The van der Waals surface area contributed by atoms with Gasteiger partial charge in [-0.2, -0.15) is 5.10 Å². The number of aryl methyl sites for hydroxylation is 1. The Labute approximate surface area is 203 Å². The third-order valence-electron chi connectivity index (χ3n) is 5.10. The summed E-state index contributed by atoms with van der Waals surface area (Å²) in [7, 11) is -3.96. The first-order valence-electron chi connectivity index (χ1n) is 10.5. The molecule has 0 spiro atoms. The number of hydrogen-bond acceptors (Lipinski definition) is 5. The second kappa shape index (κ2) is 10.5. The average Bonchev–Trinajstić information content (AvgIpc) is 3.37. The molecule has 4 rings (SSSR count). The van der Waals surface area contributed by atoms with Crippen molar-refractivity contribution >= 4 is 39.2 Å². The summed E-state index contributed by atoms with van der Waals surface area (Å²) in [6, 6.07) is 26.3. The summed E-state index contributed by atoms with van der Waals surface area (Å²) in [6.45, 7) is 1.97. The number of amides is 1. The van der Waals surface area contributed by atoms with E-state index in [1.807, 2.05) is 54.8 Å². The van der Waals surface area contributed by atoms with Crippen molar-refractivity contribution in [2.24, 2.45) is 5.10 Å². The quantitative estimate of drug-likeness (QED) is 0.272. The molecular weight excluding hydrogens is 466 g/mol. The summed E-state index contributed by atoms with van der Waals surface area (Å²) < 4.78 is 28.8. The number of thiophene rings is 1. The summed E-state index contributed by atoms with van der Waals surface area (Å²) >= 11 is 1.49. The molecule has 0 bridgehead atoms. The number of anilines is 1. The van der Waals surface area contributed by atoms with E-state index in [4.69, 9.17) is 0 Å². The zero-order valence-electron chi connectivity index (χ0n) is 18.5. The minimum atomic E-state index is -3.96. The molecular formula is C26H23N3O3S2. The van der Waals surface area contributed by atoms with E-state index < -0.39 is 15.9 Å². The lowest BCUT2D eigenvalue weighted by Crippen LogP contribution is -2.33. The van der Waals surface area contributed by atoms with Crippen LogP contribution in [-0.4, -0.2) is 20.5 Å². The number of hydrogen-bond donors (Lipinski definition) is 1. The fourth-order valence-corrected chi connectivity index (χ4v) is 5.41. The summed E-state index contributed by atoms with van der Waals surface area (Å²) in [6.07, 6.45) is 1.55. The van der Waals surface area contributed by atoms with Crippen molar-refractivity contribution in [1.29, 1.82) is 0 Å². The van der Waals surface area contributed by atoms with Crippen molar-refractivity contribution in [3.63, 3.8) is 0 Å². The number of carbonyl (C=O) groups is 1. The van der Waals surface area contributed by atoms with E-state index in [0.717, 1.165) is 16.0 Å². The number of rotatable bonds is 8. The van der Waals surface area contributed by atoms with Crippen LogP contribution in [0.5, 0.6) is 0 Å². The molecule has 0 aliphatic carbocycles. The van der Waals surface area contributed by atoms with Gasteiger partial charge in [0.25, 0.3) is 15.9 Å². The molecule has 1 N–H and O–H groups in total. The zero-order chi connectivity index (χ0) is 24.0. The molecule has 4 aromatic rings. The van der Waals surface area contributed by atoms with Crippen LogP contribution in [-0.2, 0) is 16.6 Å². The fraction of sp³-hybridized carbons (Fsp3) is 0.0769. The van der Waals surface area contributed by atoms with Crippen LogP contribution < -0.4 is 9.73 Å². The van der Waals surface area contributed by atoms with E-state index in [9.17, 15) is 13.2 Å². The Balaban J connectivity index is 1.73. The van der Waals surface area contributed by atoms with Crippen LogP contribution in [0.4, 0.5) is 5.69 Å². The van der Waals surface area contributed by atoms with Gasteiger partial charge in [-0.15, -0.1) is 11.3 Å². The minimum absolute atomic E-state index is 0.0693. The third kappa shape index (κ3) is 5.41. The van der Waals surface area contributed by atoms with Crippen LogP contribution in [0.1, 0.15) is 26.4 Å². The van der Waals surface area contributed by atoms with Gasteiger partial charge in [0.2, 0.25) is 0 Å². The summed E-state index contributed by atoms with van der Waals surface area (Å²) in [5.41, 5.74) is 4.74. The molecule has 6 nitrogen and oxygen atoms in total. The van der Waals surface area contributed by atoms with Crippen molar-refractivity contribution < 1.29 is 13.2 Å². The highest BCUT2D eigenvalue weighted by Crippen LogP contribution is 2.29. The van der Waals surface area contributed by atoms with Crippen LogP contribution in [0.25, 0.3) is 0 Å². The van der Waals surface area contributed by atoms with Gasteiger partial charge in [0, 0.05) is 4.88 Å². The highest BCUT2D eigenvalue weighted by Gasteiger charge is 2.28. The van der Waals surface area contributed by atoms with Gasteiger partial charge in [-0.05, 0) is 48.2 Å². The molecule has 34 heavy (non-hydrogen) atoms. The normalized spacial score (nSPS) is 11.4. The Bertz CT molecular complexity index is 1380. The molecule has 0 saturated carbocycles. The molecule has 0 atom stereocenters. The van der Waals surface area contributed by atoms with Crippen LogP contribution in [0.2, 0.25) is 0 Å². The standard InChI is InChI=1S/C26H23N3O3S2/c1-20-13-15-23(16-14-20)34(31,32)29(19-21-8-3-2-4-9-21)25-12-6-5-11-24(25)26(30)28-27-18-22-10-7-17-33-22/h2-18H,19H2,1H3,(H,28,30)/b27-18+. The predicted octanol–water partition coefficient (Wildman–Crippen LogP) is 5.22. The molecule has 0 aliphatic heterocycles. The van der Waals surface area contributed by atoms with Gasteiger partial charge < -0.3 is 0 Å². The summed E-state index contributed by atoms with van der Waals surface area (Å²) in [5, 5.41) is 5.94. The van der Waals surface area contributed by atoms with Crippen LogP contribution in [0, 0.1) is 6.92 Å². The molecule has 0 saturated heterocycles. The van der Waals surface area contributed by atoms with Gasteiger partial charge in [0.1, 0.15) is 0 Å². The number of hydrazone groups is 1. The summed E-state index contributed by atoms with van der Waals surface area (Å²) in [4.78, 5) is 14.1. The second-order valence-corrected chi connectivity index (χ2v) is 10.4. The lowest BCUT2D eigenvalue weighted by Gasteiger charge is -2.26. The molecule has 0 radical (unpaired) electrons. The van der Waals surface area contributed by atoms with Crippen LogP contribution in [0.15, 0.2) is 106 Å². The maximum Gasteiger partial charge on any atom is 0.273 e. The van der Waals surface area contributed by atoms with Crippen LogP contribution >= 0.6 is 11.3 Å². The zero-order valence-corrected chi connectivity index (χ0v) is 20.1. The number of sulfonamides is 1. The largest absolute Gasteiger partial charge is 0.273 e. The van der Waals surface area contributed by atoms with Crippen molar-refractivity contribution in [2.75, 3.05) is 4.31 Å². The van der Waals surface area contributed by atoms with Crippen molar-refractivity contribution in [2.45, 2.75) is 18.4 Å². The minimum Gasteiger partial charge on any atom is -0.267 e. The smallest absolute Gasteiger partial charge is 0.267 e. The molecule has 0 unspecified atom stereocenters. The highest BCUT2D eigenvalue weighted by atomic mass is 32.2. The van der Waals surface area contributed by atoms with Crippen molar-refractivity contribution in [3.05, 3.63) is 118 Å². The third-order valence-corrected chi connectivity index (χ3v) is 7.68. The van der Waals surface area contributed by atoms with E-state index in [2.05, 4.69) is 10.5 Å². The number of nitrogens with zero attached hydrogens (tertiary/aromatic N) is 2. The predicted molar refractivity (Wildman–Crippen MR) is 137 cm³/mol. The molecule has 1 aromatic heterocycles. The Kier molecular flexibility index (Phi) is 7.20. The lowest BCUT2D eigenvalue weighted by molar-refractivity contribution is 0.0956. The van der Waals surface area contributed by atoms with Gasteiger partial charge in [0.15, 0.2) is 0 Å². The van der Waals surface area contributed by atoms with Gasteiger partial charge in [0.05, 0.1) is 28.9 Å². The lowest BCUT2D eigenvalue weighted by atomic mass is 10.1. The topological polar surface area (TPSA) is 78.8 Å². The molecule has 3 aromatic carbocycles. The van der Waals surface area contributed by atoms with E-state index in [1.165, 1.54) is 15.6 Å². The molecule has 0 fully saturated rings. The molecule has 172 valence electrons. The average molecular weight is 490 g/mol.